The summed E-state index contributed by atoms with van der Waals surface area (Å²) >= 11 is 6.15. The number of aliphatic imine (C=N–C) groups is 1. The Morgan fingerprint density at radius 1 is 1.13 bits per heavy atom. The molecular weight excluding hydrogens is 425 g/mol. The summed E-state index contributed by atoms with van der Waals surface area (Å²) in [4.78, 5) is 4.51. The predicted octanol–water partition coefficient (Wildman–Crippen LogP) is 3.92. The van der Waals surface area contributed by atoms with Crippen LogP contribution in [0.25, 0.3) is 0 Å². The number of hydrogen-bond acceptors (Lipinski definition) is 2. The standard InChI is InChI=1S/C17H20ClN3O.HI/c1-2-19-17(20-11-13-6-5-8-15(22)10-13)21-12-14-7-3-4-9-16(14)18;/h3-10,22H,2,11-12H2,1H3,(H2,19,20,21);1H. The summed E-state index contributed by atoms with van der Waals surface area (Å²) in [6, 6.07) is 14.8. The van der Waals surface area contributed by atoms with Crippen LogP contribution in [0.5, 0.6) is 5.75 Å². The van der Waals surface area contributed by atoms with Gasteiger partial charge in [0.1, 0.15) is 5.75 Å². The molecule has 3 N–H and O–H groups in total. The van der Waals surface area contributed by atoms with Crippen molar-refractivity contribution in [2.45, 2.75) is 20.0 Å². The van der Waals surface area contributed by atoms with E-state index in [1.165, 1.54) is 0 Å². The Bertz CT molecular complexity index is 649. The second-order valence-electron chi connectivity index (χ2n) is 4.81. The van der Waals surface area contributed by atoms with E-state index in [0.717, 1.165) is 22.7 Å². The lowest BCUT2D eigenvalue weighted by atomic mass is 10.2. The Kier molecular flexibility index (Phi) is 8.79. The van der Waals surface area contributed by atoms with Crippen molar-refractivity contribution in [2.75, 3.05) is 6.54 Å². The van der Waals surface area contributed by atoms with Gasteiger partial charge in [0.2, 0.25) is 0 Å². The maximum absolute atomic E-state index is 9.47. The van der Waals surface area contributed by atoms with E-state index in [0.29, 0.717) is 19.0 Å². The van der Waals surface area contributed by atoms with Crippen LogP contribution >= 0.6 is 35.6 Å². The molecule has 2 rings (SSSR count). The average Bonchev–Trinajstić information content (AvgIpc) is 2.51. The molecule has 0 amide bonds. The summed E-state index contributed by atoms with van der Waals surface area (Å²) in [5, 5.41) is 16.6. The monoisotopic (exact) mass is 445 g/mol. The molecule has 0 aliphatic rings. The first kappa shape index (κ1) is 19.6. The van der Waals surface area contributed by atoms with Gasteiger partial charge in [-0.2, -0.15) is 0 Å². The highest BCUT2D eigenvalue weighted by Crippen LogP contribution is 2.14. The average molecular weight is 446 g/mol. The van der Waals surface area contributed by atoms with Crippen molar-refractivity contribution in [1.29, 1.82) is 0 Å². The minimum Gasteiger partial charge on any atom is -0.508 e. The van der Waals surface area contributed by atoms with E-state index in [4.69, 9.17) is 11.6 Å². The van der Waals surface area contributed by atoms with Crippen molar-refractivity contribution in [3.63, 3.8) is 0 Å². The smallest absolute Gasteiger partial charge is 0.191 e. The zero-order valence-electron chi connectivity index (χ0n) is 12.9. The Hall–Kier alpha value is -1.47. The van der Waals surface area contributed by atoms with Crippen LogP contribution in [-0.4, -0.2) is 17.6 Å². The topological polar surface area (TPSA) is 56.7 Å². The lowest BCUT2D eigenvalue weighted by Crippen LogP contribution is -2.36. The zero-order valence-corrected chi connectivity index (χ0v) is 16.0. The van der Waals surface area contributed by atoms with Crippen LogP contribution in [0, 0.1) is 0 Å². The van der Waals surface area contributed by atoms with Gasteiger partial charge in [0.15, 0.2) is 5.96 Å². The van der Waals surface area contributed by atoms with E-state index in [1.807, 2.05) is 43.3 Å². The van der Waals surface area contributed by atoms with Crippen LogP contribution in [0.2, 0.25) is 5.02 Å². The summed E-state index contributed by atoms with van der Waals surface area (Å²) in [6.45, 7) is 3.88. The molecule has 0 aliphatic heterocycles. The van der Waals surface area contributed by atoms with Gasteiger partial charge >= 0.3 is 0 Å². The molecular formula is C17H21ClIN3O. The molecule has 4 nitrogen and oxygen atoms in total. The maximum Gasteiger partial charge on any atom is 0.191 e. The highest BCUT2D eigenvalue weighted by molar-refractivity contribution is 14.0. The molecule has 124 valence electrons. The van der Waals surface area contributed by atoms with Crippen molar-refractivity contribution in [1.82, 2.24) is 10.6 Å². The number of nitrogens with one attached hydrogen (secondary N) is 2. The summed E-state index contributed by atoms with van der Waals surface area (Å²) in [7, 11) is 0. The van der Waals surface area contributed by atoms with Crippen molar-refractivity contribution in [3.05, 3.63) is 64.7 Å². The number of rotatable bonds is 5. The zero-order chi connectivity index (χ0) is 15.8. The van der Waals surface area contributed by atoms with E-state index in [2.05, 4.69) is 15.6 Å². The SMILES string of the molecule is CCNC(=NCc1cccc(O)c1)NCc1ccccc1Cl.I. The fourth-order valence-electron chi connectivity index (χ4n) is 1.99. The molecule has 0 spiro atoms. The molecule has 2 aromatic rings. The third-order valence-electron chi connectivity index (χ3n) is 3.08. The molecule has 0 saturated carbocycles. The second-order valence-corrected chi connectivity index (χ2v) is 5.22. The van der Waals surface area contributed by atoms with Gasteiger partial charge in [-0.25, -0.2) is 4.99 Å². The number of phenolic OH excluding ortho intramolecular Hbond substituents is 1. The van der Waals surface area contributed by atoms with Crippen LogP contribution in [0.3, 0.4) is 0 Å². The third-order valence-corrected chi connectivity index (χ3v) is 3.45. The molecule has 0 saturated heterocycles. The van der Waals surface area contributed by atoms with Gasteiger partial charge in [-0.05, 0) is 36.2 Å². The number of guanidine groups is 1. The first-order valence-corrected chi connectivity index (χ1v) is 7.60. The largest absolute Gasteiger partial charge is 0.508 e. The quantitative estimate of drug-likeness (QED) is 0.371. The van der Waals surface area contributed by atoms with E-state index >= 15 is 0 Å². The van der Waals surface area contributed by atoms with Crippen molar-refractivity contribution in [3.8, 4) is 5.75 Å². The van der Waals surface area contributed by atoms with Crippen LogP contribution in [-0.2, 0) is 13.1 Å². The van der Waals surface area contributed by atoms with Gasteiger partial charge in [-0.3, -0.25) is 0 Å². The van der Waals surface area contributed by atoms with Crippen LogP contribution in [0.15, 0.2) is 53.5 Å². The van der Waals surface area contributed by atoms with E-state index in [1.54, 1.807) is 12.1 Å². The Morgan fingerprint density at radius 2 is 1.91 bits per heavy atom. The van der Waals surface area contributed by atoms with Gasteiger partial charge in [0.25, 0.3) is 0 Å². The molecule has 0 heterocycles. The summed E-state index contributed by atoms with van der Waals surface area (Å²) in [6.07, 6.45) is 0. The lowest BCUT2D eigenvalue weighted by molar-refractivity contribution is 0.474. The van der Waals surface area contributed by atoms with Crippen molar-refractivity contribution >= 4 is 41.5 Å². The summed E-state index contributed by atoms with van der Waals surface area (Å²) < 4.78 is 0. The molecule has 0 bridgehead atoms. The Labute approximate surface area is 159 Å². The highest BCUT2D eigenvalue weighted by Gasteiger charge is 2.02. The highest BCUT2D eigenvalue weighted by atomic mass is 127. The van der Waals surface area contributed by atoms with Gasteiger partial charge < -0.3 is 15.7 Å². The van der Waals surface area contributed by atoms with Crippen molar-refractivity contribution < 1.29 is 5.11 Å². The van der Waals surface area contributed by atoms with E-state index in [9.17, 15) is 5.11 Å². The molecule has 0 fully saturated rings. The summed E-state index contributed by atoms with van der Waals surface area (Å²) in [5.41, 5.74) is 1.97. The second kappa shape index (κ2) is 10.3. The van der Waals surface area contributed by atoms with Crippen LogP contribution in [0.4, 0.5) is 0 Å². The van der Waals surface area contributed by atoms with Gasteiger partial charge in [-0.1, -0.05) is 41.9 Å². The number of nitrogens with zero attached hydrogens (tertiary/aromatic N) is 1. The third kappa shape index (κ3) is 6.66. The number of benzene rings is 2. The molecule has 0 radical (unpaired) electrons. The predicted molar refractivity (Wildman–Crippen MR) is 107 cm³/mol. The van der Waals surface area contributed by atoms with E-state index < -0.39 is 0 Å². The fraction of sp³-hybridized carbons (Fsp3) is 0.235. The molecule has 0 unspecified atom stereocenters. The molecule has 6 heteroatoms. The molecule has 23 heavy (non-hydrogen) atoms. The van der Waals surface area contributed by atoms with E-state index in [-0.39, 0.29) is 29.7 Å². The number of halogens is 2. The first-order valence-electron chi connectivity index (χ1n) is 7.22. The summed E-state index contributed by atoms with van der Waals surface area (Å²) in [5.74, 6) is 0.965. The normalized spacial score (nSPS) is 10.8. The molecule has 0 atom stereocenters. The van der Waals surface area contributed by atoms with Gasteiger partial charge in [0.05, 0.1) is 6.54 Å². The number of hydrogen-bond donors (Lipinski definition) is 3. The maximum atomic E-state index is 9.47. The van der Waals surface area contributed by atoms with Crippen molar-refractivity contribution in [2.24, 2.45) is 4.99 Å². The Balaban J connectivity index is 0.00000264. The van der Waals surface area contributed by atoms with Gasteiger partial charge in [0, 0.05) is 18.1 Å². The minimum atomic E-state index is 0. The number of aromatic hydroxyl groups is 1. The van der Waals surface area contributed by atoms with Gasteiger partial charge in [-0.15, -0.1) is 24.0 Å². The lowest BCUT2D eigenvalue weighted by Gasteiger charge is -2.12. The van der Waals surface area contributed by atoms with Crippen LogP contribution < -0.4 is 10.6 Å². The molecule has 0 aliphatic carbocycles. The Morgan fingerprint density at radius 3 is 2.61 bits per heavy atom. The number of phenols is 1. The fourth-order valence-corrected chi connectivity index (χ4v) is 2.19. The molecule has 0 aromatic heterocycles. The minimum absolute atomic E-state index is 0. The first-order chi connectivity index (χ1) is 10.7. The van der Waals surface area contributed by atoms with Crippen LogP contribution in [0.1, 0.15) is 18.1 Å². The molecule has 2 aromatic carbocycles.